The van der Waals surface area contributed by atoms with Crippen LogP contribution in [-0.4, -0.2) is 54.7 Å². The molecule has 104 valence electrons. The Kier molecular flexibility index (Phi) is 6.49. The minimum atomic E-state index is -0.828. The number of amides is 2. The van der Waals surface area contributed by atoms with Crippen molar-refractivity contribution in [3.8, 4) is 0 Å². The van der Waals surface area contributed by atoms with Gasteiger partial charge in [0.1, 0.15) is 0 Å². The molecule has 0 aromatic carbocycles. The van der Waals surface area contributed by atoms with Gasteiger partial charge in [-0.1, -0.05) is 6.92 Å². The highest BCUT2D eigenvalue weighted by Gasteiger charge is 2.12. The van der Waals surface area contributed by atoms with Crippen LogP contribution in [0.5, 0.6) is 0 Å². The lowest BCUT2D eigenvalue weighted by Gasteiger charge is -2.15. The molecular formula is C12H23N3O3. The van der Waals surface area contributed by atoms with Gasteiger partial charge in [0, 0.05) is 19.6 Å². The lowest BCUT2D eigenvalue weighted by atomic mass is 10.1. The van der Waals surface area contributed by atoms with Gasteiger partial charge >= 0.3 is 12.0 Å². The fourth-order valence-electron chi connectivity index (χ4n) is 1.92. The van der Waals surface area contributed by atoms with Crippen LogP contribution in [0.1, 0.15) is 26.2 Å². The highest BCUT2D eigenvalue weighted by molar-refractivity contribution is 5.74. The Morgan fingerprint density at radius 3 is 2.44 bits per heavy atom. The molecule has 0 saturated carbocycles. The Morgan fingerprint density at radius 1 is 1.22 bits per heavy atom. The number of rotatable bonds is 7. The molecule has 1 unspecified atom stereocenters. The van der Waals surface area contributed by atoms with Crippen LogP contribution in [0.3, 0.4) is 0 Å². The Hall–Kier alpha value is -1.30. The van der Waals surface area contributed by atoms with E-state index in [2.05, 4.69) is 15.5 Å². The number of carboxylic acids is 1. The van der Waals surface area contributed by atoms with Crippen molar-refractivity contribution in [2.24, 2.45) is 5.92 Å². The van der Waals surface area contributed by atoms with E-state index in [1.807, 2.05) is 0 Å². The van der Waals surface area contributed by atoms with Gasteiger partial charge in [0.05, 0.1) is 5.92 Å². The minimum Gasteiger partial charge on any atom is -0.481 e. The lowest BCUT2D eigenvalue weighted by molar-refractivity contribution is -0.141. The van der Waals surface area contributed by atoms with Crippen LogP contribution >= 0.6 is 0 Å². The first kappa shape index (κ1) is 14.8. The molecule has 1 atom stereocenters. The number of hydrogen-bond acceptors (Lipinski definition) is 3. The number of urea groups is 1. The summed E-state index contributed by atoms with van der Waals surface area (Å²) in [6.07, 6.45) is 2.95. The van der Waals surface area contributed by atoms with Crippen molar-refractivity contribution in [1.82, 2.24) is 15.5 Å². The van der Waals surface area contributed by atoms with E-state index in [1.54, 1.807) is 6.92 Å². The Bertz CT molecular complexity index is 278. The summed E-state index contributed by atoms with van der Waals surface area (Å²) < 4.78 is 0. The number of carboxylic acid groups (broad SMARTS) is 1. The monoisotopic (exact) mass is 257 g/mol. The number of aliphatic carboxylic acids is 1. The van der Waals surface area contributed by atoms with Crippen LogP contribution in [-0.2, 0) is 4.79 Å². The van der Waals surface area contributed by atoms with E-state index in [4.69, 9.17) is 5.11 Å². The van der Waals surface area contributed by atoms with Crippen LogP contribution in [0.2, 0.25) is 0 Å². The third-order valence-electron chi connectivity index (χ3n) is 3.20. The SMILES string of the molecule is CC(CCNC(=O)NCCN1CCCC1)C(=O)O. The summed E-state index contributed by atoms with van der Waals surface area (Å²) in [7, 11) is 0. The fraction of sp³-hybridized carbons (Fsp3) is 0.833. The molecule has 0 aromatic heterocycles. The van der Waals surface area contributed by atoms with Gasteiger partial charge in [0.2, 0.25) is 0 Å². The molecule has 6 nitrogen and oxygen atoms in total. The molecule has 1 rings (SSSR count). The lowest BCUT2D eigenvalue weighted by Crippen LogP contribution is -2.40. The smallest absolute Gasteiger partial charge is 0.314 e. The van der Waals surface area contributed by atoms with Crippen molar-refractivity contribution in [1.29, 1.82) is 0 Å². The quantitative estimate of drug-likeness (QED) is 0.620. The van der Waals surface area contributed by atoms with Gasteiger partial charge in [0.15, 0.2) is 0 Å². The highest BCUT2D eigenvalue weighted by Crippen LogP contribution is 2.05. The number of likely N-dealkylation sites (tertiary alicyclic amines) is 1. The summed E-state index contributed by atoms with van der Waals surface area (Å²) in [5, 5.41) is 14.1. The van der Waals surface area contributed by atoms with E-state index < -0.39 is 11.9 Å². The van der Waals surface area contributed by atoms with Crippen molar-refractivity contribution in [3.05, 3.63) is 0 Å². The van der Waals surface area contributed by atoms with E-state index in [1.165, 1.54) is 12.8 Å². The minimum absolute atomic E-state index is 0.216. The number of nitrogens with zero attached hydrogens (tertiary/aromatic N) is 1. The summed E-state index contributed by atoms with van der Waals surface area (Å²) in [6, 6.07) is -0.216. The second-order valence-electron chi connectivity index (χ2n) is 4.76. The summed E-state index contributed by atoms with van der Waals surface area (Å²) >= 11 is 0. The Balaban J connectivity index is 1.98. The molecule has 1 saturated heterocycles. The molecule has 1 heterocycles. The topological polar surface area (TPSA) is 81.7 Å². The molecule has 2 amide bonds. The van der Waals surface area contributed by atoms with Crippen molar-refractivity contribution in [2.75, 3.05) is 32.7 Å². The van der Waals surface area contributed by atoms with E-state index in [0.29, 0.717) is 19.5 Å². The number of carbonyl (C=O) groups excluding carboxylic acids is 1. The average Bonchev–Trinajstić information content (AvgIpc) is 2.81. The van der Waals surface area contributed by atoms with E-state index >= 15 is 0 Å². The number of hydrogen-bond donors (Lipinski definition) is 3. The fourth-order valence-corrected chi connectivity index (χ4v) is 1.92. The largest absolute Gasteiger partial charge is 0.481 e. The van der Waals surface area contributed by atoms with Crippen LogP contribution in [0, 0.1) is 5.92 Å². The third kappa shape index (κ3) is 5.86. The molecule has 3 N–H and O–H groups in total. The zero-order valence-corrected chi connectivity index (χ0v) is 10.9. The predicted octanol–water partition coefficient (Wildman–Crippen LogP) is 0.492. The maximum absolute atomic E-state index is 11.4. The van der Waals surface area contributed by atoms with Crippen molar-refractivity contribution >= 4 is 12.0 Å². The van der Waals surface area contributed by atoms with E-state index in [9.17, 15) is 9.59 Å². The molecule has 0 radical (unpaired) electrons. The second-order valence-corrected chi connectivity index (χ2v) is 4.76. The van der Waals surface area contributed by atoms with E-state index in [-0.39, 0.29) is 6.03 Å². The van der Waals surface area contributed by atoms with Crippen LogP contribution in [0.15, 0.2) is 0 Å². The van der Waals surface area contributed by atoms with E-state index in [0.717, 1.165) is 19.6 Å². The molecule has 1 fully saturated rings. The van der Waals surface area contributed by atoms with Crippen LogP contribution in [0.4, 0.5) is 4.79 Å². The van der Waals surface area contributed by atoms with Gasteiger partial charge in [-0.2, -0.15) is 0 Å². The Labute approximate surface area is 108 Å². The van der Waals surface area contributed by atoms with Gasteiger partial charge in [-0.15, -0.1) is 0 Å². The van der Waals surface area contributed by atoms with Crippen molar-refractivity contribution in [2.45, 2.75) is 26.2 Å². The summed E-state index contributed by atoms with van der Waals surface area (Å²) in [5.74, 6) is -1.25. The molecule has 1 aliphatic heterocycles. The first-order valence-corrected chi connectivity index (χ1v) is 6.56. The standard InChI is InChI=1S/C12H23N3O3/c1-10(11(16)17)4-5-13-12(18)14-6-9-15-7-2-3-8-15/h10H,2-9H2,1H3,(H,16,17)(H2,13,14,18). The van der Waals surface area contributed by atoms with Gasteiger partial charge in [0.25, 0.3) is 0 Å². The summed E-state index contributed by atoms with van der Waals surface area (Å²) in [6.45, 7) is 5.80. The number of carbonyl (C=O) groups is 2. The van der Waals surface area contributed by atoms with Gasteiger partial charge in [-0.25, -0.2) is 4.79 Å². The molecule has 0 spiro atoms. The van der Waals surface area contributed by atoms with Crippen molar-refractivity contribution in [3.63, 3.8) is 0 Å². The average molecular weight is 257 g/mol. The van der Waals surface area contributed by atoms with Crippen LogP contribution < -0.4 is 10.6 Å². The first-order valence-electron chi connectivity index (χ1n) is 6.56. The summed E-state index contributed by atoms with van der Waals surface area (Å²) in [5.41, 5.74) is 0. The molecule has 0 aliphatic carbocycles. The molecule has 18 heavy (non-hydrogen) atoms. The van der Waals surface area contributed by atoms with Gasteiger partial charge < -0.3 is 20.6 Å². The number of nitrogens with one attached hydrogen (secondary N) is 2. The third-order valence-corrected chi connectivity index (χ3v) is 3.20. The molecule has 0 aromatic rings. The van der Waals surface area contributed by atoms with Crippen LogP contribution in [0.25, 0.3) is 0 Å². The van der Waals surface area contributed by atoms with Gasteiger partial charge in [-0.05, 0) is 32.4 Å². The first-order chi connectivity index (χ1) is 8.59. The van der Waals surface area contributed by atoms with Crippen molar-refractivity contribution < 1.29 is 14.7 Å². The Morgan fingerprint density at radius 2 is 1.83 bits per heavy atom. The predicted molar refractivity (Wildman–Crippen MR) is 68.5 cm³/mol. The molecule has 0 bridgehead atoms. The zero-order valence-electron chi connectivity index (χ0n) is 10.9. The normalized spacial score (nSPS) is 17.4. The summed E-state index contributed by atoms with van der Waals surface area (Å²) in [4.78, 5) is 24.3. The molecular weight excluding hydrogens is 234 g/mol. The molecule has 1 aliphatic rings. The highest BCUT2D eigenvalue weighted by atomic mass is 16.4. The zero-order chi connectivity index (χ0) is 13.4. The maximum atomic E-state index is 11.4. The van der Waals surface area contributed by atoms with Gasteiger partial charge in [-0.3, -0.25) is 4.79 Å². The maximum Gasteiger partial charge on any atom is 0.314 e. The molecule has 6 heteroatoms. The second kappa shape index (κ2) is 7.92.